The van der Waals surface area contributed by atoms with Gasteiger partial charge in [-0.15, -0.1) is 0 Å². The van der Waals surface area contributed by atoms with E-state index in [9.17, 15) is 0 Å². The molecular formula is C8H8OTc. The molecule has 53 valence electrons. The summed E-state index contributed by atoms with van der Waals surface area (Å²) in [5.74, 6) is 0. The minimum absolute atomic E-state index is 0.929. The van der Waals surface area contributed by atoms with E-state index < -0.39 is 0 Å². The van der Waals surface area contributed by atoms with E-state index in [2.05, 4.69) is 18.4 Å². The molecule has 10 heavy (non-hydrogen) atoms. The van der Waals surface area contributed by atoms with E-state index in [-0.39, 0.29) is 0 Å². The van der Waals surface area contributed by atoms with E-state index in [1.807, 2.05) is 30.3 Å². The van der Waals surface area contributed by atoms with Crippen molar-refractivity contribution in [2.24, 2.45) is 0 Å². The van der Waals surface area contributed by atoms with Gasteiger partial charge in [-0.3, -0.25) is 0 Å². The van der Waals surface area contributed by atoms with Crippen LogP contribution in [0.5, 0.6) is 0 Å². The second-order valence-electron chi connectivity index (χ2n) is 1.84. The first-order valence-corrected chi connectivity index (χ1v) is 3.89. The van der Waals surface area contributed by atoms with Crippen molar-refractivity contribution in [1.82, 2.24) is 0 Å². The zero-order valence-electron chi connectivity index (χ0n) is 5.67. The second kappa shape index (κ2) is 3.77. The molecule has 0 aromatic heterocycles. The van der Waals surface area contributed by atoms with Crippen LogP contribution >= 0.6 is 0 Å². The molecule has 0 saturated carbocycles. The Morgan fingerprint density at radius 2 is 1.90 bits per heavy atom. The van der Waals surface area contributed by atoms with Gasteiger partial charge in [-0.25, -0.2) is 0 Å². The van der Waals surface area contributed by atoms with Gasteiger partial charge in [0.25, 0.3) is 0 Å². The minimum atomic E-state index is 0.929. The van der Waals surface area contributed by atoms with Gasteiger partial charge >= 0.3 is 70.4 Å². The molecule has 1 nitrogen and oxygen atoms in total. The fourth-order valence-electron chi connectivity index (χ4n) is 0.687. The van der Waals surface area contributed by atoms with E-state index in [0.717, 1.165) is 9.77 Å². The summed E-state index contributed by atoms with van der Waals surface area (Å²) in [4.78, 5) is 0. The fourth-order valence-corrected chi connectivity index (χ4v) is 0.997. The van der Waals surface area contributed by atoms with Crippen molar-refractivity contribution in [3.63, 3.8) is 0 Å². The molecule has 0 bridgehead atoms. The van der Waals surface area contributed by atoms with Crippen LogP contribution < -0.4 is 0 Å². The van der Waals surface area contributed by atoms with Gasteiger partial charge in [-0.2, -0.15) is 0 Å². The third-order valence-electron chi connectivity index (χ3n) is 1.18. The third-order valence-corrected chi connectivity index (χ3v) is 2.10. The van der Waals surface area contributed by atoms with Crippen LogP contribution in [0.3, 0.4) is 0 Å². The quantitative estimate of drug-likeness (QED) is 0.728. The van der Waals surface area contributed by atoms with Gasteiger partial charge in [0.2, 0.25) is 0 Å². The average Bonchev–Trinajstić information content (AvgIpc) is 2.05. The predicted octanol–water partition coefficient (Wildman–Crippen LogP) is 1.36. The summed E-state index contributed by atoms with van der Waals surface area (Å²) in [7, 11) is 1.68. The van der Waals surface area contributed by atoms with Gasteiger partial charge < -0.3 is 0 Å². The molecule has 0 atom stereocenters. The van der Waals surface area contributed by atoms with Crippen molar-refractivity contribution in [2.75, 3.05) is 7.11 Å². The Kier molecular flexibility index (Phi) is 2.94. The van der Waals surface area contributed by atoms with Crippen molar-refractivity contribution in [2.45, 2.75) is 0 Å². The molecule has 1 rings (SSSR count). The third kappa shape index (κ3) is 1.84. The number of benzene rings is 1. The first kappa shape index (κ1) is 7.80. The summed E-state index contributed by atoms with van der Waals surface area (Å²) in [6.07, 6.45) is 0. The van der Waals surface area contributed by atoms with E-state index in [1.54, 1.807) is 7.11 Å². The summed E-state index contributed by atoms with van der Waals surface area (Å²) < 4.78 is 5.97. The van der Waals surface area contributed by atoms with E-state index in [4.69, 9.17) is 4.74 Å². The van der Waals surface area contributed by atoms with Crippen LogP contribution in [0.2, 0.25) is 0 Å². The zero-order valence-corrected chi connectivity index (χ0v) is 7.53. The van der Waals surface area contributed by atoms with Crippen molar-refractivity contribution >= 4 is 4.21 Å². The molecule has 0 aliphatic carbocycles. The second-order valence-corrected chi connectivity index (χ2v) is 2.69. The van der Waals surface area contributed by atoms with Crippen LogP contribution in [-0.2, 0) is 23.2 Å². The van der Waals surface area contributed by atoms with Crippen LogP contribution in [0.4, 0.5) is 0 Å². The molecule has 0 radical (unpaired) electrons. The van der Waals surface area contributed by atoms with E-state index in [1.165, 1.54) is 0 Å². The van der Waals surface area contributed by atoms with Crippen LogP contribution in [0, 0.1) is 0 Å². The van der Waals surface area contributed by atoms with Gasteiger partial charge in [0.05, 0.1) is 0 Å². The van der Waals surface area contributed by atoms with Crippen LogP contribution in [0.25, 0.3) is 0 Å². The SMILES string of the molecule is CO[C](=[Tc])c1ccccc1. The summed E-state index contributed by atoms with van der Waals surface area (Å²) >= 11 is 2.17. The molecule has 1 aromatic carbocycles. The molecule has 0 N–H and O–H groups in total. The monoisotopic (exact) mass is 217 g/mol. The fraction of sp³-hybridized carbons (Fsp3) is 0.125. The van der Waals surface area contributed by atoms with Gasteiger partial charge in [0.1, 0.15) is 0 Å². The maximum absolute atomic E-state index is 5.04. The summed E-state index contributed by atoms with van der Waals surface area (Å²) in [6, 6.07) is 10.0. The first-order chi connectivity index (χ1) is 4.84. The molecule has 0 aliphatic heterocycles. The zero-order chi connectivity index (χ0) is 7.40. The van der Waals surface area contributed by atoms with Crippen LogP contribution in [0.1, 0.15) is 5.56 Å². The molecule has 0 unspecified atom stereocenters. The molecule has 0 amide bonds. The Hall–Kier alpha value is -0.301. The average molecular weight is 218 g/mol. The van der Waals surface area contributed by atoms with Gasteiger partial charge in [0.15, 0.2) is 0 Å². The van der Waals surface area contributed by atoms with Crippen LogP contribution in [0.15, 0.2) is 30.3 Å². The molecule has 1 aromatic rings. The molecule has 0 heterocycles. The normalized spacial score (nSPS) is 9.30. The van der Waals surface area contributed by atoms with Crippen molar-refractivity contribution in [1.29, 1.82) is 0 Å². The Bertz CT molecular complexity index is 218. The Balaban J connectivity index is 2.85. The van der Waals surface area contributed by atoms with Gasteiger partial charge in [-0.05, 0) is 0 Å². The molecule has 0 spiro atoms. The molecular weight excluding hydrogens is 210 g/mol. The maximum atomic E-state index is 5.04. The van der Waals surface area contributed by atoms with Crippen LogP contribution in [-0.4, -0.2) is 11.3 Å². The number of hydrogen-bond acceptors (Lipinski definition) is 1. The number of ether oxygens (including phenoxy) is 1. The summed E-state index contributed by atoms with van der Waals surface area (Å²) in [5.41, 5.74) is 1.13. The molecule has 0 fully saturated rings. The number of methoxy groups -OCH3 is 1. The number of rotatable bonds is 2. The summed E-state index contributed by atoms with van der Waals surface area (Å²) in [5, 5.41) is 0. The standard InChI is InChI=1S/C8H8O.Tc/c1-9-7-8-5-3-2-4-6-8;/h2-6H,1H3;. The summed E-state index contributed by atoms with van der Waals surface area (Å²) in [6.45, 7) is 0. The van der Waals surface area contributed by atoms with Gasteiger partial charge in [-0.1, -0.05) is 0 Å². The predicted molar refractivity (Wildman–Crippen MR) is 37.6 cm³/mol. The Labute approximate surface area is 70.7 Å². The van der Waals surface area contributed by atoms with Gasteiger partial charge in [0, 0.05) is 0 Å². The molecule has 0 aliphatic rings. The Morgan fingerprint density at radius 1 is 1.30 bits per heavy atom. The van der Waals surface area contributed by atoms with E-state index >= 15 is 0 Å². The molecule has 0 saturated heterocycles. The van der Waals surface area contributed by atoms with E-state index in [0.29, 0.717) is 0 Å². The number of hydrogen-bond donors (Lipinski definition) is 0. The van der Waals surface area contributed by atoms with Crippen molar-refractivity contribution in [3.8, 4) is 0 Å². The Morgan fingerprint density at radius 3 is 2.40 bits per heavy atom. The van der Waals surface area contributed by atoms with Crippen molar-refractivity contribution < 1.29 is 23.2 Å². The first-order valence-electron chi connectivity index (χ1n) is 2.96. The van der Waals surface area contributed by atoms with Crippen molar-refractivity contribution in [3.05, 3.63) is 35.9 Å². The molecule has 2 heteroatoms. The topological polar surface area (TPSA) is 9.23 Å².